The van der Waals surface area contributed by atoms with Gasteiger partial charge in [-0.3, -0.25) is 4.68 Å². The Kier molecular flexibility index (Phi) is 4.86. The van der Waals surface area contributed by atoms with Crippen LogP contribution in [0.5, 0.6) is 0 Å². The van der Waals surface area contributed by atoms with Crippen LogP contribution in [0.1, 0.15) is 24.7 Å². The summed E-state index contributed by atoms with van der Waals surface area (Å²) in [6.45, 7) is 6.79. The van der Waals surface area contributed by atoms with Crippen LogP contribution in [0.15, 0.2) is 6.07 Å². The van der Waals surface area contributed by atoms with Gasteiger partial charge in [-0.05, 0) is 39.8 Å². The molecule has 5 heteroatoms. The predicted molar refractivity (Wildman–Crippen MR) is 59.8 cm³/mol. The minimum Gasteiger partial charge on any atom is -0.309 e. The summed E-state index contributed by atoms with van der Waals surface area (Å²) in [7, 11) is 0. The van der Waals surface area contributed by atoms with E-state index in [2.05, 4.69) is 10.4 Å². The van der Waals surface area contributed by atoms with E-state index >= 15 is 0 Å². The number of alkyl halides is 2. The minimum absolute atomic E-state index is 0.587. The van der Waals surface area contributed by atoms with Crippen molar-refractivity contribution in [3.8, 4) is 0 Å². The van der Waals surface area contributed by atoms with Crippen molar-refractivity contribution in [3.05, 3.63) is 17.5 Å². The van der Waals surface area contributed by atoms with Crippen molar-refractivity contribution in [1.82, 2.24) is 15.1 Å². The molecule has 1 N–H and O–H groups in total. The highest BCUT2D eigenvalue weighted by Gasteiger charge is 2.12. The summed E-state index contributed by atoms with van der Waals surface area (Å²) < 4.78 is 26.2. The second-order valence-corrected chi connectivity index (χ2v) is 4.08. The van der Waals surface area contributed by atoms with E-state index in [4.69, 9.17) is 0 Å². The average molecular weight is 231 g/mol. The fraction of sp³-hybridized carbons (Fsp3) is 0.727. The molecule has 16 heavy (non-hydrogen) atoms. The summed E-state index contributed by atoms with van der Waals surface area (Å²) >= 11 is 0. The first kappa shape index (κ1) is 13.1. The lowest BCUT2D eigenvalue weighted by Crippen LogP contribution is -2.33. The quantitative estimate of drug-likeness (QED) is 0.760. The molecule has 0 aliphatic heterocycles. The van der Waals surface area contributed by atoms with Gasteiger partial charge in [0.2, 0.25) is 0 Å². The molecule has 1 rings (SSSR count). The maximum Gasteiger partial charge on any atom is 0.253 e. The molecule has 1 atom stereocenters. The molecule has 1 unspecified atom stereocenters. The van der Waals surface area contributed by atoms with Crippen LogP contribution in [-0.2, 0) is 6.54 Å². The van der Waals surface area contributed by atoms with E-state index in [0.29, 0.717) is 6.54 Å². The van der Waals surface area contributed by atoms with Gasteiger partial charge in [0.1, 0.15) is 0 Å². The SMILES string of the molecule is Cc1cc(C)n(CCCNC(C)C(F)F)n1. The van der Waals surface area contributed by atoms with Gasteiger partial charge in [-0.15, -0.1) is 0 Å². The Bertz CT molecular complexity index is 323. The molecule has 0 amide bonds. The third-order valence-corrected chi connectivity index (χ3v) is 2.49. The highest BCUT2D eigenvalue weighted by molar-refractivity contribution is 5.06. The maximum atomic E-state index is 12.2. The van der Waals surface area contributed by atoms with Crippen molar-refractivity contribution in [1.29, 1.82) is 0 Å². The van der Waals surface area contributed by atoms with Crippen molar-refractivity contribution in [2.45, 2.75) is 46.2 Å². The second kappa shape index (κ2) is 5.94. The topological polar surface area (TPSA) is 29.9 Å². The Morgan fingerprint density at radius 1 is 1.44 bits per heavy atom. The Hall–Kier alpha value is -0.970. The number of rotatable bonds is 6. The lowest BCUT2D eigenvalue weighted by molar-refractivity contribution is 0.106. The second-order valence-electron chi connectivity index (χ2n) is 4.08. The van der Waals surface area contributed by atoms with E-state index in [1.54, 1.807) is 0 Å². The molecule has 0 bridgehead atoms. The van der Waals surface area contributed by atoms with Gasteiger partial charge < -0.3 is 5.32 Å². The van der Waals surface area contributed by atoms with Crippen LogP contribution in [0.25, 0.3) is 0 Å². The zero-order chi connectivity index (χ0) is 12.1. The molecule has 3 nitrogen and oxygen atoms in total. The fourth-order valence-electron chi connectivity index (χ4n) is 1.55. The van der Waals surface area contributed by atoms with E-state index in [0.717, 1.165) is 24.4 Å². The van der Waals surface area contributed by atoms with Gasteiger partial charge in [0.25, 0.3) is 6.43 Å². The van der Waals surface area contributed by atoms with E-state index in [-0.39, 0.29) is 0 Å². The summed E-state index contributed by atoms with van der Waals surface area (Å²) in [5, 5.41) is 7.09. The molecule has 0 spiro atoms. The van der Waals surface area contributed by atoms with Crippen LogP contribution in [0, 0.1) is 13.8 Å². The monoisotopic (exact) mass is 231 g/mol. The zero-order valence-corrected chi connectivity index (χ0v) is 10.0. The first-order valence-corrected chi connectivity index (χ1v) is 5.53. The first-order chi connectivity index (χ1) is 7.50. The first-order valence-electron chi connectivity index (χ1n) is 5.53. The van der Waals surface area contributed by atoms with Crippen LogP contribution >= 0.6 is 0 Å². The number of nitrogens with one attached hydrogen (secondary N) is 1. The van der Waals surface area contributed by atoms with E-state index in [1.807, 2.05) is 24.6 Å². The molecule has 0 aliphatic carbocycles. The molecule has 0 radical (unpaired) electrons. The van der Waals surface area contributed by atoms with E-state index in [9.17, 15) is 8.78 Å². The molecule has 1 heterocycles. The molecule has 1 aromatic rings. The van der Waals surface area contributed by atoms with Gasteiger partial charge in [-0.1, -0.05) is 0 Å². The van der Waals surface area contributed by atoms with Crippen LogP contribution in [0.2, 0.25) is 0 Å². The smallest absolute Gasteiger partial charge is 0.253 e. The minimum atomic E-state index is -2.30. The Labute approximate surface area is 94.8 Å². The van der Waals surface area contributed by atoms with Crippen molar-refractivity contribution in [3.63, 3.8) is 0 Å². The number of hydrogen-bond donors (Lipinski definition) is 1. The summed E-state index contributed by atoms with van der Waals surface area (Å²) in [5.41, 5.74) is 2.10. The Morgan fingerprint density at radius 3 is 2.62 bits per heavy atom. The summed E-state index contributed by atoms with van der Waals surface area (Å²) in [4.78, 5) is 0. The van der Waals surface area contributed by atoms with Crippen LogP contribution in [0.4, 0.5) is 8.78 Å². The molecular weight excluding hydrogens is 212 g/mol. The molecule has 1 aromatic heterocycles. The largest absolute Gasteiger partial charge is 0.309 e. The number of halogens is 2. The zero-order valence-electron chi connectivity index (χ0n) is 10.0. The number of nitrogens with zero attached hydrogens (tertiary/aromatic N) is 2. The van der Waals surface area contributed by atoms with Crippen molar-refractivity contribution >= 4 is 0 Å². The van der Waals surface area contributed by atoms with E-state index in [1.165, 1.54) is 6.92 Å². The molecule has 0 aliphatic rings. The standard InChI is InChI=1S/C11H19F2N3/c1-8-7-9(2)16(15-8)6-4-5-14-10(3)11(12)13/h7,10-11,14H,4-6H2,1-3H3. The Balaban J connectivity index is 2.23. The van der Waals surface area contributed by atoms with Crippen LogP contribution in [-0.4, -0.2) is 28.8 Å². The molecule has 92 valence electrons. The maximum absolute atomic E-state index is 12.2. The fourth-order valence-corrected chi connectivity index (χ4v) is 1.55. The molecule has 0 fully saturated rings. The van der Waals surface area contributed by atoms with Crippen molar-refractivity contribution in [2.24, 2.45) is 0 Å². The van der Waals surface area contributed by atoms with Crippen molar-refractivity contribution < 1.29 is 8.78 Å². The lowest BCUT2D eigenvalue weighted by Gasteiger charge is -2.12. The average Bonchev–Trinajstić information content (AvgIpc) is 2.51. The number of aryl methyl sites for hydroxylation is 3. The van der Waals surface area contributed by atoms with Crippen LogP contribution < -0.4 is 5.32 Å². The van der Waals surface area contributed by atoms with E-state index < -0.39 is 12.5 Å². The van der Waals surface area contributed by atoms with Gasteiger partial charge in [0.15, 0.2) is 0 Å². The number of hydrogen-bond acceptors (Lipinski definition) is 2. The predicted octanol–water partition coefficient (Wildman–Crippen LogP) is 2.13. The summed E-state index contributed by atoms with van der Waals surface area (Å²) in [6, 6.07) is 1.27. The molecular formula is C11H19F2N3. The van der Waals surface area contributed by atoms with Crippen LogP contribution in [0.3, 0.4) is 0 Å². The Morgan fingerprint density at radius 2 is 2.12 bits per heavy atom. The van der Waals surface area contributed by atoms with Gasteiger partial charge in [0, 0.05) is 12.2 Å². The lowest BCUT2D eigenvalue weighted by atomic mass is 10.3. The highest BCUT2D eigenvalue weighted by Crippen LogP contribution is 2.03. The van der Waals surface area contributed by atoms with Gasteiger partial charge in [-0.2, -0.15) is 5.10 Å². The van der Waals surface area contributed by atoms with Gasteiger partial charge in [-0.25, -0.2) is 8.78 Å². The van der Waals surface area contributed by atoms with Gasteiger partial charge >= 0.3 is 0 Å². The third kappa shape index (κ3) is 3.89. The summed E-state index contributed by atoms with van der Waals surface area (Å²) in [5.74, 6) is 0. The summed E-state index contributed by atoms with van der Waals surface area (Å²) in [6.07, 6.45) is -1.49. The number of aromatic nitrogens is 2. The third-order valence-electron chi connectivity index (χ3n) is 2.49. The molecule has 0 saturated heterocycles. The van der Waals surface area contributed by atoms with Gasteiger partial charge in [0.05, 0.1) is 11.7 Å². The highest BCUT2D eigenvalue weighted by atomic mass is 19.3. The normalized spacial score (nSPS) is 13.4. The molecule has 0 saturated carbocycles. The van der Waals surface area contributed by atoms with Crippen molar-refractivity contribution in [2.75, 3.05) is 6.54 Å². The molecule has 0 aromatic carbocycles.